The highest BCUT2D eigenvalue weighted by Crippen LogP contribution is 2.11. The van der Waals surface area contributed by atoms with Gasteiger partial charge in [-0.2, -0.15) is 0 Å². The number of anilines is 1. The van der Waals surface area contributed by atoms with Crippen molar-refractivity contribution >= 4 is 5.69 Å². The summed E-state index contributed by atoms with van der Waals surface area (Å²) in [6.45, 7) is 0.268. The predicted molar refractivity (Wildman–Crippen MR) is 39.4 cm³/mol. The summed E-state index contributed by atoms with van der Waals surface area (Å²) in [5, 5.41) is 8.30. The van der Waals surface area contributed by atoms with Crippen molar-refractivity contribution < 1.29 is 9.60 Å². The standard InChI is InChI=1S/C7H9FN2O/c8-6-2-1-5(4-10-11)3-7(6)9/h1-3,10-11H,4,9H2. The molecule has 0 fully saturated rings. The van der Waals surface area contributed by atoms with Crippen molar-refractivity contribution in [3.63, 3.8) is 0 Å². The number of benzene rings is 1. The summed E-state index contributed by atoms with van der Waals surface area (Å²) in [5.41, 5.74) is 8.06. The lowest BCUT2D eigenvalue weighted by Crippen LogP contribution is -2.06. The molecule has 11 heavy (non-hydrogen) atoms. The quantitative estimate of drug-likeness (QED) is 0.440. The van der Waals surface area contributed by atoms with Gasteiger partial charge >= 0.3 is 0 Å². The van der Waals surface area contributed by atoms with Crippen molar-refractivity contribution in [1.82, 2.24) is 5.48 Å². The van der Waals surface area contributed by atoms with Gasteiger partial charge in [0, 0.05) is 6.54 Å². The van der Waals surface area contributed by atoms with Crippen LogP contribution in [-0.2, 0) is 6.54 Å². The number of nitrogen functional groups attached to an aromatic ring is 1. The fourth-order valence-corrected chi connectivity index (χ4v) is 0.794. The highest BCUT2D eigenvalue weighted by molar-refractivity contribution is 5.42. The van der Waals surface area contributed by atoms with Crippen LogP contribution in [0.15, 0.2) is 18.2 Å². The van der Waals surface area contributed by atoms with Gasteiger partial charge in [0.2, 0.25) is 0 Å². The molecule has 0 bridgehead atoms. The van der Waals surface area contributed by atoms with E-state index in [1.807, 2.05) is 5.48 Å². The molecular formula is C7H9FN2O. The number of hydrogen-bond donors (Lipinski definition) is 3. The van der Waals surface area contributed by atoms with Crippen LogP contribution >= 0.6 is 0 Å². The monoisotopic (exact) mass is 156 g/mol. The summed E-state index contributed by atoms with van der Waals surface area (Å²) in [4.78, 5) is 0. The molecule has 0 unspecified atom stereocenters. The van der Waals surface area contributed by atoms with Gasteiger partial charge in [0.1, 0.15) is 5.82 Å². The Morgan fingerprint density at radius 2 is 2.27 bits per heavy atom. The fourth-order valence-electron chi connectivity index (χ4n) is 0.794. The van der Waals surface area contributed by atoms with Crippen LogP contribution in [-0.4, -0.2) is 5.21 Å². The maximum absolute atomic E-state index is 12.5. The molecule has 1 aromatic carbocycles. The molecule has 1 rings (SSSR count). The lowest BCUT2D eigenvalue weighted by Gasteiger charge is -2.00. The van der Waals surface area contributed by atoms with Crippen LogP contribution in [0.1, 0.15) is 5.56 Å². The molecule has 4 N–H and O–H groups in total. The van der Waals surface area contributed by atoms with E-state index in [0.29, 0.717) is 0 Å². The molecule has 0 saturated carbocycles. The Hall–Kier alpha value is -1.13. The van der Waals surface area contributed by atoms with Gasteiger partial charge in [-0.05, 0) is 17.7 Å². The maximum Gasteiger partial charge on any atom is 0.146 e. The highest BCUT2D eigenvalue weighted by Gasteiger charge is 1.97. The minimum Gasteiger partial charge on any atom is -0.396 e. The van der Waals surface area contributed by atoms with E-state index < -0.39 is 5.82 Å². The Labute approximate surface area is 63.6 Å². The van der Waals surface area contributed by atoms with Gasteiger partial charge in [0.15, 0.2) is 0 Å². The number of halogens is 1. The summed E-state index contributed by atoms with van der Waals surface area (Å²) in [6.07, 6.45) is 0. The second kappa shape index (κ2) is 3.32. The van der Waals surface area contributed by atoms with Gasteiger partial charge in [0.05, 0.1) is 5.69 Å². The topological polar surface area (TPSA) is 58.3 Å². The number of rotatable bonds is 2. The first-order valence-electron chi connectivity index (χ1n) is 3.15. The second-order valence-electron chi connectivity index (χ2n) is 2.19. The smallest absolute Gasteiger partial charge is 0.146 e. The first-order chi connectivity index (χ1) is 5.24. The molecule has 0 spiro atoms. The second-order valence-corrected chi connectivity index (χ2v) is 2.19. The Morgan fingerprint density at radius 3 is 2.82 bits per heavy atom. The van der Waals surface area contributed by atoms with Gasteiger partial charge in [0.25, 0.3) is 0 Å². The van der Waals surface area contributed by atoms with Crippen LogP contribution in [0.5, 0.6) is 0 Å². The summed E-state index contributed by atoms with van der Waals surface area (Å²) in [6, 6.07) is 4.29. The minimum atomic E-state index is -0.438. The van der Waals surface area contributed by atoms with Gasteiger partial charge in [-0.3, -0.25) is 0 Å². The zero-order valence-corrected chi connectivity index (χ0v) is 5.84. The molecule has 0 aliphatic rings. The Kier molecular flexibility index (Phi) is 2.40. The number of hydroxylamine groups is 1. The van der Waals surface area contributed by atoms with Gasteiger partial charge in [-0.15, -0.1) is 0 Å². The zero-order valence-electron chi connectivity index (χ0n) is 5.84. The lowest BCUT2D eigenvalue weighted by molar-refractivity contribution is 0.161. The van der Waals surface area contributed by atoms with Crippen molar-refractivity contribution in [2.24, 2.45) is 0 Å². The molecule has 0 aliphatic carbocycles. The van der Waals surface area contributed by atoms with E-state index in [1.54, 1.807) is 6.07 Å². The third-order valence-electron chi connectivity index (χ3n) is 1.34. The van der Waals surface area contributed by atoms with E-state index in [-0.39, 0.29) is 12.2 Å². The maximum atomic E-state index is 12.5. The van der Waals surface area contributed by atoms with Crippen molar-refractivity contribution in [2.75, 3.05) is 5.73 Å². The average molecular weight is 156 g/mol. The van der Waals surface area contributed by atoms with E-state index in [2.05, 4.69) is 0 Å². The van der Waals surface area contributed by atoms with Crippen molar-refractivity contribution in [3.8, 4) is 0 Å². The Bertz CT molecular complexity index is 252. The van der Waals surface area contributed by atoms with Gasteiger partial charge < -0.3 is 10.9 Å². The molecule has 0 aliphatic heterocycles. The third kappa shape index (κ3) is 1.89. The number of nitrogens with two attached hydrogens (primary N) is 1. The number of hydrogen-bond acceptors (Lipinski definition) is 3. The molecule has 60 valence electrons. The molecule has 0 radical (unpaired) electrons. The van der Waals surface area contributed by atoms with E-state index in [4.69, 9.17) is 10.9 Å². The van der Waals surface area contributed by atoms with Crippen LogP contribution in [0.3, 0.4) is 0 Å². The van der Waals surface area contributed by atoms with Crippen LogP contribution in [0, 0.1) is 5.82 Å². The zero-order chi connectivity index (χ0) is 8.27. The first-order valence-corrected chi connectivity index (χ1v) is 3.15. The Balaban J connectivity index is 2.86. The molecule has 4 heteroatoms. The van der Waals surface area contributed by atoms with Crippen molar-refractivity contribution in [3.05, 3.63) is 29.6 Å². The molecule has 0 amide bonds. The largest absolute Gasteiger partial charge is 0.396 e. The summed E-state index contributed by atoms with van der Waals surface area (Å²) >= 11 is 0. The molecule has 3 nitrogen and oxygen atoms in total. The van der Waals surface area contributed by atoms with E-state index in [1.165, 1.54) is 12.1 Å². The molecule has 0 atom stereocenters. The summed E-state index contributed by atoms with van der Waals surface area (Å²) in [7, 11) is 0. The normalized spacial score (nSPS) is 10.0. The van der Waals surface area contributed by atoms with Crippen LogP contribution < -0.4 is 11.2 Å². The number of nitrogens with one attached hydrogen (secondary N) is 1. The van der Waals surface area contributed by atoms with E-state index >= 15 is 0 Å². The molecule has 0 saturated heterocycles. The highest BCUT2D eigenvalue weighted by atomic mass is 19.1. The summed E-state index contributed by atoms with van der Waals surface area (Å²) in [5.74, 6) is -0.438. The molecule has 0 aromatic heterocycles. The van der Waals surface area contributed by atoms with Gasteiger partial charge in [-0.1, -0.05) is 6.07 Å². The van der Waals surface area contributed by atoms with E-state index in [9.17, 15) is 4.39 Å². The minimum absolute atomic E-state index is 0.0951. The lowest BCUT2D eigenvalue weighted by atomic mass is 10.2. The van der Waals surface area contributed by atoms with Crippen LogP contribution in [0.4, 0.5) is 10.1 Å². The first kappa shape index (κ1) is 7.97. The van der Waals surface area contributed by atoms with Crippen molar-refractivity contribution in [1.29, 1.82) is 0 Å². The van der Waals surface area contributed by atoms with Crippen molar-refractivity contribution in [2.45, 2.75) is 6.54 Å². The van der Waals surface area contributed by atoms with E-state index in [0.717, 1.165) is 5.56 Å². The molecule has 1 aromatic rings. The summed E-state index contributed by atoms with van der Waals surface area (Å²) < 4.78 is 12.5. The SMILES string of the molecule is Nc1cc(CNO)ccc1F. The van der Waals surface area contributed by atoms with Crippen LogP contribution in [0.2, 0.25) is 0 Å². The van der Waals surface area contributed by atoms with Gasteiger partial charge in [-0.25, -0.2) is 9.87 Å². The fraction of sp³-hybridized carbons (Fsp3) is 0.143. The Morgan fingerprint density at radius 1 is 1.55 bits per heavy atom. The average Bonchev–Trinajstić information content (AvgIpc) is 1.98. The predicted octanol–water partition coefficient (Wildman–Crippen LogP) is 0.887. The molecule has 0 heterocycles. The third-order valence-corrected chi connectivity index (χ3v) is 1.34. The van der Waals surface area contributed by atoms with Crippen LogP contribution in [0.25, 0.3) is 0 Å². The molecular weight excluding hydrogens is 147 g/mol.